The number of aromatic nitrogens is 1. The van der Waals surface area contributed by atoms with Gasteiger partial charge in [-0.25, -0.2) is 0 Å². The Morgan fingerprint density at radius 3 is 2.38 bits per heavy atom. The van der Waals surface area contributed by atoms with Gasteiger partial charge in [0, 0.05) is 25.0 Å². The molecule has 0 aromatic carbocycles. The molecule has 0 spiro atoms. The zero-order valence-electron chi connectivity index (χ0n) is 12.6. The Hall–Kier alpha value is -1.25. The van der Waals surface area contributed by atoms with Crippen LogP contribution in [-0.4, -0.2) is 21.9 Å². The lowest BCUT2D eigenvalue weighted by molar-refractivity contribution is -0.159. The first-order valence-corrected chi connectivity index (χ1v) is 8.65. The summed E-state index contributed by atoms with van der Waals surface area (Å²) in [6, 6.07) is 4.27. The van der Waals surface area contributed by atoms with Gasteiger partial charge < -0.3 is 9.47 Å². The van der Waals surface area contributed by atoms with E-state index in [0.29, 0.717) is 5.91 Å². The van der Waals surface area contributed by atoms with Gasteiger partial charge in [0.05, 0.1) is 12.0 Å². The van der Waals surface area contributed by atoms with E-state index in [1.54, 1.807) is 0 Å². The SMILES string of the molecule is O=C(N1CCn2cccc2C1)C12CC3CC(CC(C3)C1)C2. The van der Waals surface area contributed by atoms with Crippen LogP contribution in [0.25, 0.3) is 0 Å². The lowest BCUT2D eigenvalue weighted by Crippen LogP contribution is -2.55. The molecule has 1 aliphatic heterocycles. The van der Waals surface area contributed by atoms with Crippen molar-refractivity contribution in [3.05, 3.63) is 24.0 Å². The van der Waals surface area contributed by atoms with Crippen LogP contribution in [0.5, 0.6) is 0 Å². The Morgan fingerprint density at radius 2 is 1.71 bits per heavy atom. The summed E-state index contributed by atoms with van der Waals surface area (Å²) in [7, 11) is 0. The molecule has 1 aromatic rings. The first-order chi connectivity index (χ1) is 10.2. The molecule has 1 amide bonds. The molecule has 4 saturated carbocycles. The van der Waals surface area contributed by atoms with E-state index in [0.717, 1.165) is 37.4 Å². The highest BCUT2D eigenvalue weighted by atomic mass is 16.2. The van der Waals surface area contributed by atoms with Crippen LogP contribution in [0.3, 0.4) is 0 Å². The van der Waals surface area contributed by atoms with Crippen molar-refractivity contribution in [2.45, 2.75) is 51.6 Å². The maximum Gasteiger partial charge on any atom is 0.229 e. The summed E-state index contributed by atoms with van der Waals surface area (Å²) in [5.74, 6) is 3.06. The van der Waals surface area contributed by atoms with E-state index in [1.807, 2.05) is 0 Å². The highest BCUT2D eigenvalue weighted by Crippen LogP contribution is 2.60. The standard InChI is InChI=1S/C18H24N2O/c21-17(20-5-4-19-3-1-2-16(19)12-20)18-9-13-6-14(10-18)8-15(7-13)11-18/h1-3,13-15H,4-12H2. The number of nitrogens with zero attached hydrogens (tertiary/aromatic N) is 2. The molecule has 112 valence electrons. The quantitative estimate of drug-likeness (QED) is 0.778. The molecule has 5 aliphatic rings. The van der Waals surface area contributed by atoms with Crippen molar-refractivity contribution >= 4 is 5.91 Å². The molecule has 4 fully saturated rings. The van der Waals surface area contributed by atoms with Crippen LogP contribution in [0.4, 0.5) is 0 Å². The van der Waals surface area contributed by atoms with Crippen LogP contribution in [0, 0.1) is 23.2 Å². The molecule has 4 bridgehead atoms. The Morgan fingerprint density at radius 1 is 1.05 bits per heavy atom. The van der Waals surface area contributed by atoms with Crippen molar-refractivity contribution < 1.29 is 4.79 Å². The second-order valence-corrected chi connectivity index (χ2v) is 8.12. The van der Waals surface area contributed by atoms with Gasteiger partial charge in [-0.2, -0.15) is 0 Å². The average Bonchev–Trinajstić information content (AvgIpc) is 2.92. The van der Waals surface area contributed by atoms with Crippen LogP contribution in [-0.2, 0) is 17.9 Å². The highest BCUT2D eigenvalue weighted by molar-refractivity contribution is 5.83. The Bertz CT molecular complexity index is 553. The van der Waals surface area contributed by atoms with Gasteiger partial charge in [0.15, 0.2) is 0 Å². The summed E-state index contributed by atoms with van der Waals surface area (Å²) >= 11 is 0. The first-order valence-electron chi connectivity index (χ1n) is 8.65. The van der Waals surface area contributed by atoms with E-state index >= 15 is 0 Å². The van der Waals surface area contributed by atoms with Crippen molar-refractivity contribution in [2.75, 3.05) is 6.54 Å². The van der Waals surface area contributed by atoms with Crippen molar-refractivity contribution in [2.24, 2.45) is 23.2 Å². The molecule has 0 saturated heterocycles. The summed E-state index contributed by atoms with van der Waals surface area (Å²) in [6.45, 7) is 2.70. The van der Waals surface area contributed by atoms with Crippen LogP contribution < -0.4 is 0 Å². The van der Waals surface area contributed by atoms with E-state index in [1.165, 1.54) is 44.2 Å². The molecule has 3 nitrogen and oxygen atoms in total. The fraction of sp³-hybridized carbons (Fsp3) is 0.722. The van der Waals surface area contributed by atoms with E-state index in [4.69, 9.17) is 0 Å². The van der Waals surface area contributed by atoms with Crippen LogP contribution in [0.15, 0.2) is 18.3 Å². The van der Waals surface area contributed by atoms with E-state index in [9.17, 15) is 4.79 Å². The lowest BCUT2D eigenvalue weighted by atomic mass is 9.49. The Balaban J connectivity index is 1.42. The van der Waals surface area contributed by atoms with Crippen molar-refractivity contribution in [1.29, 1.82) is 0 Å². The Kier molecular flexibility index (Phi) is 2.43. The molecule has 21 heavy (non-hydrogen) atoms. The molecule has 3 heteroatoms. The summed E-state index contributed by atoms with van der Waals surface area (Å²) in [5, 5.41) is 0. The van der Waals surface area contributed by atoms with Crippen LogP contribution in [0.1, 0.15) is 44.2 Å². The predicted molar refractivity (Wildman–Crippen MR) is 80.5 cm³/mol. The molecule has 0 unspecified atom stereocenters. The van der Waals surface area contributed by atoms with Crippen molar-refractivity contribution in [1.82, 2.24) is 9.47 Å². The number of carbonyl (C=O) groups excluding carboxylic acids is 1. The van der Waals surface area contributed by atoms with Gasteiger partial charge in [-0.3, -0.25) is 4.79 Å². The minimum atomic E-state index is 0.0313. The summed E-state index contributed by atoms with van der Waals surface area (Å²) in [6.07, 6.45) is 9.95. The molecule has 0 radical (unpaired) electrons. The monoisotopic (exact) mass is 284 g/mol. The highest BCUT2D eigenvalue weighted by Gasteiger charge is 2.55. The Labute approximate surface area is 126 Å². The summed E-state index contributed by atoms with van der Waals surface area (Å²) in [5.41, 5.74) is 1.34. The second kappa shape index (κ2) is 4.15. The number of rotatable bonds is 1. The molecule has 0 N–H and O–H groups in total. The number of amides is 1. The number of fused-ring (bicyclic) bond motifs is 1. The van der Waals surface area contributed by atoms with Gasteiger partial charge in [-0.1, -0.05) is 0 Å². The van der Waals surface area contributed by atoms with Crippen LogP contribution in [0.2, 0.25) is 0 Å². The topological polar surface area (TPSA) is 25.2 Å². The largest absolute Gasteiger partial charge is 0.348 e. The normalized spacial score (nSPS) is 40.4. The number of hydrogen-bond acceptors (Lipinski definition) is 1. The van der Waals surface area contributed by atoms with Gasteiger partial charge in [0.25, 0.3) is 0 Å². The molecule has 2 heterocycles. The van der Waals surface area contributed by atoms with Crippen molar-refractivity contribution in [3.8, 4) is 0 Å². The molecule has 4 aliphatic carbocycles. The zero-order valence-corrected chi connectivity index (χ0v) is 12.6. The lowest BCUT2D eigenvalue weighted by Gasteiger charge is -2.56. The second-order valence-electron chi connectivity index (χ2n) is 8.12. The fourth-order valence-electron chi connectivity index (χ4n) is 6.20. The zero-order chi connectivity index (χ0) is 14.0. The van der Waals surface area contributed by atoms with Gasteiger partial charge in [0.2, 0.25) is 5.91 Å². The van der Waals surface area contributed by atoms with E-state index in [-0.39, 0.29) is 5.41 Å². The molecule has 0 atom stereocenters. The van der Waals surface area contributed by atoms with Crippen LogP contribution >= 0.6 is 0 Å². The van der Waals surface area contributed by atoms with Gasteiger partial charge in [-0.05, 0) is 68.4 Å². The van der Waals surface area contributed by atoms with Gasteiger partial charge in [-0.15, -0.1) is 0 Å². The maximum absolute atomic E-state index is 13.3. The van der Waals surface area contributed by atoms with Gasteiger partial charge in [0.1, 0.15) is 0 Å². The average molecular weight is 284 g/mol. The van der Waals surface area contributed by atoms with Gasteiger partial charge >= 0.3 is 0 Å². The first kappa shape index (κ1) is 12.3. The number of hydrogen-bond donors (Lipinski definition) is 0. The third kappa shape index (κ3) is 1.75. The third-order valence-corrected chi connectivity index (χ3v) is 6.67. The molecule has 6 rings (SSSR count). The minimum Gasteiger partial charge on any atom is -0.348 e. The fourth-order valence-corrected chi connectivity index (χ4v) is 6.20. The van der Waals surface area contributed by atoms with E-state index < -0.39 is 0 Å². The van der Waals surface area contributed by atoms with E-state index in [2.05, 4.69) is 27.8 Å². The number of carbonyl (C=O) groups is 1. The maximum atomic E-state index is 13.3. The molecule has 1 aromatic heterocycles. The predicted octanol–water partition coefficient (Wildman–Crippen LogP) is 3.05. The summed E-state index contributed by atoms with van der Waals surface area (Å²) in [4.78, 5) is 15.5. The molecular weight excluding hydrogens is 260 g/mol. The smallest absolute Gasteiger partial charge is 0.229 e. The minimum absolute atomic E-state index is 0.0313. The van der Waals surface area contributed by atoms with Crippen molar-refractivity contribution in [3.63, 3.8) is 0 Å². The molecular formula is C18H24N2O. The summed E-state index contributed by atoms with van der Waals surface area (Å²) < 4.78 is 2.30. The third-order valence-electron chi connectivity index (χ3n) is 6.67.